The minimum Gasteiger partial charge on any atom is -0.379 e. The summed E-state index contributed by atoms with van der Waals surface area (Å²) in [5.74, 6) is -0.254. The van der Waals surface area contributed by atoms with E-state index >= 15 is 0 Å². The van der Waals surface area contributed by atoms with Gasteiger partial charge in [-0.05, 0) is 52.9 Å². The van der Waals surface area contributed by atoms with Gasteiger partial charge in [-0.25, -0.2) is 0 Å². The number of hydrogen-bond donors (Lipinski definition) is 2. The third-order valence-electron chi connectivity index (χ3n) is 3.54. The first-order valence-corrected chi connectivity index (χ1v) is 7.71. The molecule has 3 N–H and O–H groups in total. The Kier molecular flexibility index (Phi) is 7.48. The van der Waals surface area contributed by atoms with Gasteiger partial charge in [0.15, 0.2) is 0 Å². The van der Waals surface area contributed by atoms with Crippen molar-refractivity contribution in [2.75, 3.05) is 19.8 Å². The van der Waals surface area contributed by atoms with Crippen LogP contribution >= 0.6 is 0 Å². The quantitative estimate of drug-likeness (QED) is 0.534. The second kappa shape index (κ2) is 8.60. The first kappa shape index (κ1) is 17.4. The van der Waals surface area contributed by atoms with Crippen LogP contribution in [-0.4, -0.2) is 43.4 Å². The molecule has 0 aromatic heterocycles. The fourth-order valence-electron chi connectivity index (χ4n) is 2.07. The normalized spacial score (nSPS) is 18.2. The van der Waals surface area contributed by atoms with Crippen LogP contribution in [0, 0.1) is 0 Å². The van der Waals surface area contributed by atoms with Crippen molar-refractivity contribution in [1.82, 2.24) is 5.32 Å². The summed E-state index contributed by atoms with van der Waals surface area (Å²) in [4.78, 5) is 11.6. The second-order valence-electron chi connectivity index (χ2n) is 6.10. The Labute approximate surface area is 122 Å². The van der Waals surface area contributed by atoms with E-state index in [0.29, 0.717) is 25.9 Å². The topological polar surface area (TPSA) is 73.6 Å². The molecule has 118 valence electrons. The van der Waals surface area contributed by atoms with Crippen molar-refractivity contribution in [3.63, 3.8) is 0 Å². The molecule has 0 heterocycles. The summed E-state index contributed by atoms with van der Waals surface area (Å²) >= 11 is 0. The largest absolute Gasteiger partial charge is 0.379 e. The SMILES string of the molecule is CC(C)OCCOCCCCC(C)(NC1CC1)C(N)=O. The summed E-state index contributed by atoms with van der Waals surface area (Å²) in [5.41, 5.74) is 4.94. The highest BCUT2D eigenvalue weighted by atomic mass is 16.5. The van der Waals surface area contributed by atoms with Gasteiger partial charge in [-0.1, -0.05) is 0 Å². The van der Waals surface area contributed by atoms with E-state index in [1.807, 2.05) is 20.8 Å². The summed E-state index contributed by atoms with van der Waals surface area (Å²) < 4.78 is 10.9. The molecule has 1 aliphatic carbocycles. The highest BCUT2D eigenvalue weighted by molar-refractivity contribution is 5.84. The van der Waals surface area contributed by atoms with Crippen LogP contribution in [0.25, 0.3) is 0 Å². The fraction of sp³-hybridized carbons (Fsp3) is 0.933. The molecule has 0 bridgehead atoms. The molecule has 1 rings (SSSR count). The molecule has 0 radical (unpaired) electrons. The molecule has 0 aromatic rings. The van der Waals surface area contributed by atoms with Crippen LogP contribution in [0.5, 0.6) is 0 Å². The van der Waals surface area contributed by atoms with Crippen molar-refractivity contribution in [2.24, 2.45) is 5.73 Å². The van der Waals surface area contributed by atoms with Crippen molar-refractivity contribution in [1.29, 1.82) is 0 Å². The number of nitrogens with two attached hydrogens (primary N) is 1. The van der Waals surface area contributed by atoms with Crippen molar-refractivity contribution in [3.8, 4) is 0 Å². The van der Waals surface area contributed by atoms with Gasteiger partial charge in [0, 0.05) is 12.6 Å². The molecule has 1 saturated carbocycles. The Hall–Kier alpha value is -0.650. The molecule has 1 fully saturated rings. The lowest BCUT2D eigenvalue weighted by Gasteiger charge is -2.27. The minimum absolute atomic E-state index is 0.253. The number of amides is 1. The summed E-state index contributed by atoms with van der Waals surface area (Å²) in [6.45, 7) is 7.91. The smallest absolute Gasteiger partial charge is 0.237 e. The number of unbranched alkanes of at least 4 members (excludes halogenated alkanes) is 1. The van der Waals surface area contributed by atoms with E-state index in [9.17, 15) is 4.79 Å². The van der Waals surface area contributed by atoms with Gasteiger partial charge in [-0.3, -0.25) is 4.79 Å². The van der Waals surface area contributed by atoms with Crippen LogP contribution in [0.15, 0.2) is 0 Å². The zero-order chi connectivity index (χ0) is 15.0. The first-order chi connectivity index (χ1) is 9.44. The van der Waals surface area contributed by atoms with Crippen LogP contribution < -0.4 is 11.1 Å². The van der Waals surface area contributed by atoms with Crippen LogP contribution in [0.1, 0.15) is 52.9 Å². The van der Waals surface area contributed by atoms with Crippen LogP contribution in [0.4, 0.5) is 0 Å². The monoisotopic (exact) mass is 286 g/mol. The van der Waals surface area contributed by atoms with E-state index in [-0.39, 0.29) is 12.0 Å². The predicted molar refractivity (Wildman–Crippen MR) is 79.5 cm³/mol. The maximum Gasteiger partial charge on any atom is 0.237 e. The average molecular weight is 286 g/mol. The predicted octanol–water partition coefficient (Wildman–Crippen LogP) is 1.59. The Morgan fingerprint density at radius 3 is 2.55 bits per heavy atom. The van der Waals surface area contributed by atoms with E-state index in [1.165, 1.54) is 0 Å². The zero-order valence-electron chi connectivity index (χ0n) is 13.1. The molecule has 1 amide bonds. The van der Waals surface area contributed by atoms with Gasteiger partial charge in [0.25, 0.3) is 0 Å². The van der Waals surface area contributed by atoms with Crippen molar-refractivity contribution < 1.29 is 14.3 Å². The molecule has 0 aromatic carbocycles. The average Bonchev–Trinajstić information content (AvgIpc) is 3.15. The molecule has 0 saturated heterocycles. The van der Waals surface area contributed by atoms with Crippen LogP contribution in [0.2, 0.25) is 0 Å². The van der Waals surface area contributed by atoms with Crippen molar-refractivity contribution in [2.45, 2.75) is 70.6 Å². The number of carbonyl (C=O) groups excluding carboxylic acids is 1. The summed E-state index contributed by atoms with van der Waals surface area (Å²) in [7, 11) is 0. The number of ether oxygens (including phenoxy) is 2. The zero-order valence-corrected chi connectivity index (χ0v) is 13.1. The van der Waals surface area contributed by atoms with Gasteiger partial charge in [0.2, 0.25) is 5.91 Å². The molecule has 0 spiro atoms. The van der Waals surface area contributed by atoms with Gasteiger partial charge < -0.3 is 20.5 Å². The highest BCUT2D eigenvalue weighted by Crippen LogP contribution is 2.25. The maximum absolute atomic E-state index is 11.6. The lowest BCUT2D eigenvalue weighted by atomic mass is 9.94. The van der Waals surface area contributed by atoms with Gasteiger partial charge in [-0.2, -0.15) is 0 Å². The third-order valence-corrected chi connectivity index (χ3v) is 3.54. The van der Waals surface area contributed by atoms with Gasteiger partial charge in [0.1, 0.15) is 0 Å². The van der Waals surface area contributed by atoms with Gasteiger partial charge in [-0.15, -0.1) is 0 Å². The lowest BCUT2D eigenvalue weighted by molar-refractivity contribution is -0.124. The standard InChI is InChI=1S/C15H30N2O3/c1-12(2)20-11-10-19-9-5-4-8-15(3,14(16)18)17-13-6-7-13/h12-13,17H,4-11H2,1-3H3,(H2,16,18). The summed E-state index contributed by atoms with van der Waals surface area (Å²) in [6.07, 6.45) is 5.21. The van der Waals surface area contributed by atoms with Crippen LogP contribution in [-0.2, 0) is 14.3 Å². The van der Waals surface area contributed by atoms with E-state index in [4.69, 9.17) is 15.2 Å². The molecule has 20 heavy (non-hydrogen) atoms. The fourth-order valence-corrected chi connectivity index (χ4v) is 2.07. The number of carbonyl (C=O) groups is 1. The molecule has 5 heteroatoms. The number of primary amides is 1. The van der Waals surface area contributed by atoms with E-state index in [0.717, 1.165) is 32.1 Å². The van der Waals surface area contributed by atoms with Crippen molar-refractivity contribution >= 4 is 5.91 Å². The molecular weight excluding hydrogens is 256 g/mol. The number of hydrogen-bond acceptors (Lipinski definition) is 4. The molecule has 1 aliphatic rings. The summed E-state index contributed by atoms with van der Waals surface area (Å²) in [6, 6.07) is 0.483. The Balaban J connectivity index is 2.04. The maximum atomic E-state index is 11.6. The highest BCUT2D eigenvalue weighted by Gasteiger charge is 2.36. The number of rotatable bonds is 12. The van der Waals surface area contributed by atoms with E-state index in [1.54, 1.807) is 0 Å². The van der Waals surface area contributed by atoms with E-state index in [2.05, 4.69) is 5.32 Å². The minimum atomic E-state index is -0.568. The first-order valence-electron chi connectivity index (χ1n) is 7.71. The lowest BCUT2D eigenvalue weighted by Crippen LogP contribution is -2.53. The molecular formula is C15H30N2O3. The van der Waals surface area contributed by atoms with Crippen LogP contribution in [0.3, 0.4) is 0 Å². The Morgan fingerprint density at radius 1 is 1.30 bits per heavy atom. The van der Waals surface area contributed by atoms with Crippen molar-refractivity contribution in [3.05, 3.63) is 0 Å². The Morgan fingerprint density at radius 2 is 2.00 bits per heavy atom. The molecule has 5 nitrogen and oxygen atoms in total. The van der Waals surface area contributed by atoms with E-state index < -0.39 is 5.54 Å². The van der Waals surface area contributed by atoms with Gasteiger partial charge >= 0.3 is 0 Å². The second-order valence-corrected chi connectivity index (χ2v) is 6.10. The Bertz CT molecular complexity index is 293. The molecule has 1 atom stereocenters. The molecule has 0 aliphatic heterocycles. The van der Waals surface area contributed by atoms with Gasteiger partial charge in [0.05, 0.1) is 24.9 Å². The summed E-state index contributed by atoms with van der Waals surface area (Å²) in [5, 5.41) is 3.36. The third kappa shape index (κ3) is 7.22. The molecule has 1 unspecified atom stereocenters. The number of nitrogens with one attached hydrogen (secondary N) is 1.